The maximum absolute atomic E-state index is 11.2. The molecule has 0 aliphatic rings. The van der Waals surface area contributed by atoms with Gasteiger partial charge in [-0.15, -0.1) is 0 Å². The van der Waals surface area contributed by atoms with Gasteiger partial charge in [-0.05, 0) is 11.8 Å². The fourth-order valence-corrected chi connectivity index (χ4v) is 1.27. The molecule has 1 unspecified atom stereocenters. The Hall–Kier alpha value is -2.22. The number of amides is 1. The second-order valence-electron chi connectivity index (χ2n) is 3.78. The maximum atomic E-state index is 11.2. The summed E-state index contributed by atoms with van der Waals surface area (Å²) in [4.78, 5) is 24.7. The molecule has 1 atom stereocenters. The summed E-state index contributed by atoms with van der Waals surface area (Å²) in [5.41, 5.74) is 0.329. The molecule has 0 spiro atoms. The van der Waals surface area contributed by atoms with Crippen LogP contribution in [0.5, 0.6) is 0 Å². The molecule has 18 heavy (non-hydrogen) atoms. The SMILES string of the molecule is C=C(C)C(=O)NCC(O)Cn1ccnc1[N+](=O)[O-]. The number of nitrogens with zero attached hydrogens (tertiary/aromatic N) is 3. The summed E-state index contributed by atoms with van der Waals surface area (Å²) in [7, 11) is 0. The van der Waals surface area contributed by atoms with Crippen LogP contribution in [0.1, 0.15) is 6.92 Å². The summed E-state index contributed by atoms with van der Waals surface area (Å²) < 4.78 is 1.21. The normalized spacial score (nSPS) is 11.9. The fraction of sp³-hybridized carbons (Fsp3) is 0.400. The number of imidazole rings is 1. The van der Waals surface area contributed by atoms with Crippen molar-refractivity contribution in [1.29, 1.82) is 0 Å². The molecule has 2 N–H and O–H groups in total. The van der Waals surface area contributed by atoms with E-state index in [4.69, 9.17) is 0 Å². The van der Waals surface area contributed by atoms with Gasteiger partial charge in [-0.2, -0.15) is 0 Å². The van der Waals surface area contributed by atoms with Crippen LogP contribution in [0, 0.1) is 10.1 Å². The van der Waals surface area contributed by atoms with Crippen LogP contribution in [0.15, 0.2) is 24.5 Å². The van der Waals surface area contributed by atoms with Gasteiger partial charge in [0.1, 0.15) is 18.5 Å². The molecule has 0 aliphatic heterocycles. The second kappa shape index (κ2) is 5.92. The molecule has 0 saturated carbocycles. The van der Waals surface area contributed by atoms with E-state index in [1.807, 2.05) is 0 Å². The molecule has 0 saturated heterocycles. The van der Waals surface area contributed by atoms with Gasteiger partial charge in [0, 0.05) is 12.1 Å². The minimum Gasteiger partial charge on any atom is -0.390 e. The zero-order chi connectivity index (χ0) is 13.7. The standard InChI is InChI=1S/C10H14N4O4/c1-7(2)9(16)12-5-8(15)6-13-4-3-11-10(13)14(17)18/h3-4,8,15H,1,5-6H2,2H3,(H,12,16). The van der Waals surface area contributed by atoms with Crippen LogP contribution >= 0.6 is 0 Å². The molecule has 0 fully saturated rings. The van der Waals surface area contributed by atoms with E-state index >= 15 is 0 Å². The molecule has 0 radical (unpaired) electrons. The second-order valence-corrected chi connectivity index (χ2v) is 3.78. The highest BCUT2D eigenvalue weighted by Crippen LogP contribution is 2.07. The summed E-state index contributed by atoms with van der Waals surface area (Å²) in [6.07, 6.45) is 1.72. The lowest BCUT2D eigenvalue weighted by Gasteiger charge is -2.11. The van der Waals surface area contributed by atoms with Gasteiger partial charge in [0.05, 0.1) is 6.54 Å². The van der Waals surface area contributed by atoms with E-state index in [1.165, 1.54) is 17.0 Å². The van der Waals surface area contributed by atoms with Gasteiger partial charge in [-0.25, -0.2) is 4.57 Å². The minimum absolute atomic E-state index is 0.0129. The zero-order valence-corrected chi connectivity index (χ0v) is 9.87. The number of carbonyl (C=O) groups excluding carboxylic acids is 1. The molecule has 0 aromatic carbocycles. The Morgan fingerprint density at radius 3 is 3.00 bits per heavy atom. The highest BCUT2D eigenvalue weighted by atomic mass is 16.6. The quantitative estimate of drug-likeness (QED) is 0.416. The van der Waals surface area contributed by atoms with Crippen LogP contribution in [0.2, 0.25) is 0 Å². The van der Waals surface area contributed by atoms with Crippen molar-refractivity contribution in [2.24, 2.45) is 0 Å². The molecule has 1 aromatic rings. The van der Waals surface area contributed by atoms with E-state index < -0.39 is 11.0 Å². The van der Waals surface area contributed by atoms with Gasteiger partial charge in [0.25, 0.3) is 0 Å². The Kier molecular flexibility index (Phi) is 4.55. The van der Waals surface area contributed by atoms with E-state index in [2.05, 4.69) is 16.9 Å². The van der Waals surface area contributed by atoms with E-state index in [0.717, 1.165) is 0 Å². The molecular formula is C10H14N4O4. The van der Waals surface area contributed by atoms with Crippen molar-refractivity contribution in [1.82, 2.24) is 14.9 Å². The maximum Gasteiger partial charge on any atom is 0.434 e. The van der Waals surface area contributed by atoms with E-state index in [9.17, 15) is 20.0 Å². The molecule has 1 amide bonds. The molecule has 1 heterocycles. The molecule has 0 bridgehead atoms. The molecule has 0 aliphatic carbocycles. The number of hydrogen-bond acceptors (Lipinski definition) is 5. The zero-order valence-electron chi connectivity index (χ0n) is 9.87. The number of hydrogen-bond donors (Lipinski definition) is 2. The first-order valence-electron chi connectivity index (χ1n) is 5.19. The van der Waals surface area contributed by atoms with Crippen LogP contribution in [0.3, 0.4) is 0 Å². The largest absolute Gasteiger partial charge is 0.434 e. The number of nitro groups is 1. The summed E-state index contributed by atoms with van der Waals surface area (Å²) >= 11 is 0. The lowest BCUT2D eigenvalue weighted by molar-refractivity contribution is -0.397. The Labute approximate surface area is 103 Å². The lowest BCUT2D eigenvalue weighted by atomic mass is 10.3. The van der Waals surface area contributed by atoms with Crippen LogP contribution in [0.25, 0.3) is 0 Å². The third kappa shape index (κ3) is 3.67. The molecule has 1 rings (SSSR count). The first kappa shape index (κ1) is 13.8. The van der Waals surface area contributed by atoms with E-state index in [1.54, 1.807) is 6.92 Å². The van der Waals surface area contributed by atoms with Gasteiger partial charge in [-0.1, -0.05) is 11.6 Å². The number of rotatable bonds is 6. The predicted octanol–water partition coefficient (Wildman–Crippen LogP) is -0.156. The summed E-state index contributed by atoms with van der Waals surface area (Å²) in [6.45, 7) is 4.96. The smallest absolute Gasteiger partial charge is 0.390 e. The molecule has 8 heteroatoms. The molecule has 8 nitrogen and oxygen atoms in total. The van der Waals surface area contributed by atoms with Crippen molar-refractivity contribution >= 4 is 11.9 Å². The number of aliphatic hydroxyl groups is 1. The van der Waals surface area contributed by atoms with Crippen molar-refractivity contribution in [3.8, 4) is 0 Å². The molecule has 98 valence electrons. The highest BCUT2D eigenvalue weighted by molar-refractivity contribution is 5.92. The Morgan fingerprint density at radius 2 is 2.44 bits per heavy atom. The summed E-state index contributed by atoms with van der Waals surface area (Å²) in [6, 6.07) is 0. The van der Waals surface area contributed by atoms with Gasteiger partial charge in [-0.3, -0.25) is 4.79 Å². The highest BCUT2D eigenvalue weighted by Gasteiger charge is 2.17. The van der Waals surface area contributed by atoms with E-state index in [-0.39, 0.29) is 24.9 Å². The fourth-order valence-electron chi connectivity index (χ4n) is 1.27. The van der Waals surface area contributed by atoms with Crippen LogP contribution in [-0.4, -0.2) is 38.1 Å². The van der Waals surface area contributed by atoms with Crippen molar-refractivity contribution < 1.29 is 14.8 Å². The minimum atomic E-state index is -0.943. The van der Waals surface area contributed by atoms with Crippen LogP contribution in [0.4, 0.5) is 5.95 Å². The monoisotopic (exact) mass is 254 g/mol. The average molecular weight is 254 g/mol. The summed E-state index contributed by atoms with van der Waals surface area (Å²) in [5, 5.41) is 22.7. The van der Waals surface area contributed by atoms with Crippen LogP contribution in [-0.2, 0) is 11.3 Å². The van der Waals surface area contributed by atoms with Gasteiger partial charge in [0.15, 0.2) is 0 Å². The molecule has 1 aromatic heterocycles. The van der Waals surface area contributed by atoms with E-state index in [0.29, 0.717) is 5.57 Å². The number of carbonyl (C=O) groups is 1. The molecular weight excluding hydrogens is 240 g/mol. The van der Waals surface area contributed by atoms with Crippen molar-refractivity contribution in [3.05, 3.63) is 34.7 Å². The number of aliphatic hydroxyl groups excluding tert-OH is 1. The predicted molar refractivity (Wildman–Crippen MR) is 62.7 cm³/mol. The van der Waals surface area contributed by atoms with Gasteiger partial charge < -0.3 is 20.5 Å². The number of aromatic nitrogens is 2. The Bertz CT molecular complexity index is 468. The average Bonchev–Trinajstić information content (AvgIpc) is 2.73. The topological polar surface area (TPSA) is 110 Å². The first-order chi connectivity index (χ1) is 8.41. The third-order valence-corrected chi connectivity index (χ3v) is 2.15. The van der Waals surface area contributed by atoms with Crippen LogP contribution < -0.4 is 5.32 Å². The van der Waals surface area contributed by atoms with Crippen molar-refractivity contribution in [2.75, 3.05) is 6.54 Å². The van der Waals surface area contributed by atoms with Crippen molar-refractivity contribution in [3.63, 3.8) is 0 Å². The third-order valence-electron chi connectivity index (χ3n) is 2.15. The van der Waals surface area contributed by atoms with Gasteiger partial charge in [0.2, 0.25) is 5.91 Å². The first-order valence-corrected chi connectivity index (χ1v) is 5.19. The lowest BCUT2D eigenvalue weighted by Crippen LogP contribution is -2.34. The Balaban J connectivity index is 2.52. The summed E-state index contributed by atoms with van der Waals surface area (Å²) in [5.74, 6) is -0.713. The van der Waals surface area contributed by atoms with Crippen molar-refractivity contribution in [2.45, 2.75) is 19.6 Å². The number of nitrogens with one attached hydrogen (secondary N) is 1. The Morgan fingerprint density at radius 1 is 1.78 bits per heavy atom. The van der Waals surface area contributed by atoms with Gasteiger partial charge >= 0.3 is 5.95 Å².